The molecule has 190 valence electrons. The van der Waals surface area contributed by atoms with E-state index in [1.807, 2.05) is 44.2 Å². The Labute approximate surface area is 213 Å². The van der Waals surface area contributed by atoms with Gasteiger partial charge >= 0.3 is 5.97 Å². The Morgan fingerprint density at radius 3 is 2.22 bits per heavy atom. The number of unbranched alkanes of at least 4 members (excludes halogenated alkanes) is 1. The second kappa shape index (κ2) is 13.0. The van der Waals surface area contributed by atoms with Gasteiger partial charge in [-0.2, -0.15) is 4.31 Å². The van der Waals surface area contributed by atoms with Crippen molar-refractivity contribution >= 4 is 27.6 Å². The normalized spacial score (nSPS) is 11.3. The van der Waals surface area contributed by atoms with Crippen molar-refractivity contribution in [2.45, 2.75) is 38.0 Å². The third kappa shape index (κ3) is 7.76. The van der Waals surface area contributed by atoms with Crippen LogP contribution in [0.25, 0.3) is 0 Å². The van der Waals surface area contributed by atoms with E-state index < -0.39 is 21.9 Å². The molecule has 3 aromatic rings. The van der Waals surface area contributed by atoms with Gasteiger partial charge in [0.15, 0.2) is 0 Å². The van der Waals surface area contributed by atoms with Crippen LogP contribution >= 0.6 is 0 Å². The number of hydrogen-bond donors (Lipinski definition) is 1. The molecule has 0 saturated carbocycles. The molecule has 0 aromatic heterocycles. The molecule has 0 fully saturated rings. The number of amides is 1. The second-order valence-corrected chi connectivity index (χ2v) is 10.4. The van der Waals surface area contributed by atoms with E-state index in [1.165, 1.54) is 4.31 Å². The maximum absolute atomic E-state index is 13.4. The van der Waals surface area contributed by atoms with Crippen LogP contribution in [0.5, 0.6) is 0 Å². The van der Waals surface area contributed by atoms with Gasteiger partial charge in [0, 0.05) is 12.2 Å². The minimum absolute atomic E-state index is 0.139. The van der Waals surface area contributed by atoms with Gasteiger partial charge in [-0.05, 0) is 61.7 Å². The molecule has 3 aromatic carbocycles. The summed E-state index contributed by atoms with van der Waals surface area (Å²) in [5.74, 6) is -0.894. The molecule has 7 nitrogen and oxygen atoms in total. The molecule has 0 spiro atoms. The van der Waals surface area contributed by atoms with Crippen molar-refractivity contribution in [1.29, 1.82) is 0 Å². The standard InChI is InChI=1S/C28H32N2O5S/c1-3-4-20-35-28(32)24-12-14-25(15-13-24)29-27(31)21-30(19-18-23-8-6-5-7-9-23)36(33,34)26-16-10-22(2)11-17-26/h5-17H,3-4,18-21H2,1-2H3,(H,29,31). The Bertz CT molecular complexity index is 1240. The van der Waals surface area contributed by atoms with E-state index in [2.05, 4.69) is 5.32 Å². The highest BCUT2D eigenvalue weighted by Gasteiger charge is 2.26. The van der Waals surface area contributed by atoms with Crippen LogP contribution in [0.3, 0.4) is 0 Å². The minimum atomic E-state index is -3.89. The van der Waals surface area contributed by atoms with Crippen LogP contribution in [0.15, 0.2) is 83.8 Å². The van der Waals surface area contributed by atoms with Gasteiger partial charge in [0.2, 0.25) is 15.9 Å². The molecular formula is C28H32N2O5S. The van der Waals surface area contributed by atoms with Crippen LogP contribution in [-0.4, -0.2) is 44.3 Å². The maximum atomic E-state index is 13.4. The summed E-state index contributed by atoms with van der Waals surface area (Å²) in [6.45, 7) is 4.06. The number of carbonyl (C=O) groups excluding carboxylic acids is 2. The van der Waals surface area contributed by atoms with Gasteiger partial charge in [0.05, 0.1) is 23.6 Å². The summed E-state index contributed by atoms with van der Waals surface area (Å²) < 4.78 is 33.1. The molecule has 8 heteroatoms. The van der Waals surface area contributed by atoms with Gasteiger partial charge in [-0.25, -0.2) is 13.2 Å². The first-order valence-electron chi connectivity index (χ1n) is 12.0. The molecule has 0 aliphatic rings. The average Bonchev–Trinajstić information content (AvgIpc) is 2.88. The monoisotopic (exact) mass is 508 g/mol. The number of esters is 1. The Morgan fingerprint density at radius 1 is 0.917 bits per heavy atom. The van der Waals surface area contributed by atoms with Gasteiger partial charge in [-0.1, -0.05) is 61.4 Å². The first kappa shape index (κ1) is 27.1. The fraction of sp³-hybridized carbons (Fsp3) is 0.286. The number of ether oxygens (including phenoxy) is 1. The molecule has 0 saturated heterocycles. The fourth-order valence-corrected chi connectivity index (χ4v) is 4.88. The molecule has 0 radical (unpaired) electrons. The van der Waals surface area contributed by atoms with Gasteiger partial charge in [0.25, 0.3) is 0 Å². The molecular weight excluding hydrogens is 476 g/mol. The molecule has 1 amide bonds. The highest BCUT2D eigenvalue weighted by Crippen LogP contribution is 2.18. The zero-order chi connectivity index (χ0) is 26.0. The van der Waals surface area contributed by atoms with Gasteiger partial charge in [-0.3, -0.25) is 4.79 Å². The predicted molar refractivity (Wildman–Crippen MR) is 140 cm³/mol. The number of carbonyl (C=O) groups is 2. The van der Waals surface area contributed by atoms with Gasteiger partial charge in [-0.15, -0.1) is 0 Å². The Balaban J connectivity index is 1.70. The summed E-state index contributed by atoms with van der Waals surface area (Å²) in [6, 6.07) is 22.4. The summed E-state index contributed by atoms with van der Waals surface area (Å²) in [4.78, 5) is 25.1. The van der Waals surface area contributed by atoms with Crippen molar-refractivity contribution in [1.82, 2.24) is 4.31 Å². The van der Waals surface area contributed by atoms with E-state index in [9.17, 15) is 18.0 Å². The van der Waals surface area contributed by atoms with E-state index in [-0.39, 0.29) is 18.0 Å². The lowest BCUT2D eigenvalue weighted by Gasteiger charge is -2.22. The number of benzene rings is 3. The quantitative estimate of drug-likeness (QED) is 0.280. The Hall–Kier alpha value is -3.49. The predicted octanol–water partition coefficient (Wildman–Crippen LogP) is 4.82. The van der Waals surface area contributed by atoms with Crippen molar-refractivity contribution in [3.05, 3.63) is 95.6 Å². The molecule has 0 unspecified atom stereocenters. The summed E-state index contributed by atoms with van der Waals surface area (Å²) in [5.41, 5.74) is 2.76. The first-order valence-corrected chi connectivity index (χ1v) is 13.4. The Kier molecular flexibility index (Phi) is 9.78. The Morgan fingerprint density at radius 2 is 1.58 bits per heavy atom. The third-order valence-electron chi connectivity index (χ3n) is 5.61. The number of rotatable bonds is 12. The molecule has 0 atom stereocenters. The van der Waals surface area contributed by atoms with E-state index in [4.69, 9.17) is 4.74 Å². The maximum Gasteiger partial charge on any atom is 0.338 e. The number of hydrogen-bond acceptors (Lipinski definition) is 5. The molecule has 0 heterocycles. The van der Waals surface area contributed by atoms with E-state index in [0.717, 1.165) is 24.0 Å². The first-order chi connectivity index (χ1) is 17.3. The van der Waals surface area contributed by atoms with Gasteiger partial charge < -0.3 is 10.1 Å². The molecule has 0 bridgehead atoms. The van der Waals surface area contributed by atoms with Crippen LogP contribution in [0.1, 0.15) is 41.3 Å². The van der Waals surface area contributed by atoms with Crippen LogP contribution in [0.2, 0.25) is 0 Å². The molecule has 0 aliphatic carbocycles. The zero-order valence-corrected chi connectivity index (χ0v) is 21.5. The van der Waals surface area contributed by atoms with Crippen LogP contribution in [-0.2, 0) is 26.0 Å². The smallest absolute Gasteiger partial charge is 0.338 e. The highest BCUT2D eigenvalue weighted by molar-refractivity contribution is 7.89. The lowest BCUT2D eigenvalue weighted by Crippen LogP contribution is -2.39. The number of sulfonamides is 1. The van der Waals surface area contributed by atoms with E-state index in [0.29, 0.717) is 24.3 Å². The summed E-state index contributed by atoms with van der Waals surface area (Å²) in [5, 5.41) is 2.72. The number of aryl methyl sites for hydroxylation is 1. The lowest BCUT2D eigenvalue weighted by molar-refractivity contribution is -0.116. The van der Waals surface area contributed by atoms with E-state index in [1.54, 1.807) is 48.5 Å². The highest BCUT2D eigenvalue weighted by atomic mass is 32.2. The molecule has 36 heavy (non-hydrogen) atoms. The average molecular weight is 509 g/mol. The van der Waals surface area contributed by atoms with Crippen molar-refractivity contribution in [3.8, 4) is 0 Å². The summed E-state index contributed by atoms with van der Waals surface area (Å²) >= 11 is 0. The van der Waals surface area contributed by atoms with Crippen LogP contribution < -0.4 is 5.32 Å². The van der Waals surface area contributed by atoms with Crippen molar-refractivity contribution < 1.29 is 22.7 Å². The third-order valence-corrected chi connectivity index (χ3v) is 7.47. The lowest BCUT2D eigenvalue weighted by atomic mass is 10.1. The molecule has 3 rings (SSSR count). The van der Waals surface area contributed by atoms with Crippen molar-refractivity contribution in [3.63, 3.8) is 0 Å². The fourth-order valence-electron chi connectivity index (χ4n) is 3.48. The molecule has 0 aliphatic heterocycles. The number of nitrogens with one attached hydrogen (secondary N) is 1. The van der Waals surface area contributed by atoms with Crippen LogP contribution in [0, 0.1) is 6.92 Å². The number of nitrogens with zero attached hydrogens (tertiary/aromatic N) is 1. The van der Waals surface area contributed by atoms with Crippen molar-refractivity contribution in [2.75, 3.05) is 25.0 Å². The summed E-state index contributed by atoms with van der Waals surface area (Å²) in [7, 11) is -3.89. The topological polar surface area (TPSA) is 92.8 Å². The molecule has 1 N–H and O–H groups in total. The van der Waals surface area contributed by atoms with Crippen molar-refractivity contribution in [2.24, 2.45) is 0 Å². The van der Waals surface area contributed by atoms with E-state index >= 15 is 0 Å². The van der Waals surface area contributed by atoms with Crippen LogP contribution in [0.4, 0.5) is 5.69 Å². The minimum Gasteiger partial charge on any atom is -0.462 e. The van der Waals surface area contributed by atoms with Gasteiger partial charge in [0.1, 0.15) is 0 Å². The SMILES string of the molecule is CCCCOC(=O)c1ccc(NC(=O)CN(CCc2ccccc2)S(=O)(=O)c2ccc(C)cc2)cc1. The second-order valence-electron chi connectivity index (χ2n) is 8.50. The summed E-state index contributed by atoms with van der Waals surface area (Å²) in [6.07, 6.45) is 2.19. The zero-order valence-electron chi connectivity index (χ0n) is 20.6. The largest absolute Gasteiger partial charge is 0.462 e. The number of anilines is 1.